The van der Waals surface area contributed by atoms with Crippen LogP contribution >= 0.6 is 0 Å². The molecule has 0 aliphatic rings. The summed E-state index contributed by atoms with van der Waals surface area (Å²) in [4.78, 5) is 4.16. The molecule has 102 valence electrons. The quantitative estimate of drug-likeness (QED) is 0.903. The summed E-state index contributed by atoms with van der Waals surface area (Å²) in [7, 11) is 1.60. The molecule has 0 aliphatic carbocycles. The lowest BCUT2D eigenvalue weighted by molar-refractivity contribution is 0.311. The molecule has 1 N–H and O–H groups in total. The highest BCUT2D eigenvalue weighted by atomic mass is 16.5. The Bertz CT molecular complexity index is 635. The zero-order valence-corrected chi connectivity index (χ0v) is 11.4. The van der Waals surface area contributed by atoms with E-state index in [2.05, 4.69) is 10.3 Å². The number of rotatable bonds is 5. The van der Waals surface area contributed by atoms with Crippen LogP contribution in [0.3, 0.4) is 0 Å². The minimum Gasteiger partial charge on any atom is -0.493 e. The average Bonchev–Trinajstić information content (AvgIpc) is 2.48. The van der Waals surface area contributed by atoms with Crippen LogP contribution in [0.4, 0.5) is 11.5 Å². The molecular weight excluding hydrogens is 254 g/mol. The largest absolute Gasteiger partial charge is 0.493 e. The average molecular weight is 269 g/mol. The van der Waals surface area contributed by atoms with E-state index in [0.29, 0.717) is 29.6 Å². The van der Waals surface area contributed by atoms with E-state index in [0.717, 1.165) is 5.69 Å². The Hall–Kier alpha value is -2.74. The molecule has 0 saturated carbocycles. The van der Waals surface area contributed by atoms with E-state index in [1.54, 1.807) is 25.3 Å². The van der Waals surface area contributed by atoms with Crippen LogP contribution in [0.15, 0.2) is 36.4 Å². The Morgan fingerprint density at radius 3 is 2.80 bits per heavy atom. The molecule has 2 aromatic rings. The van der Waals surface area contributed by atoms with Gasteiger partial charge in [-0.2, -0.15) is 5.26 Å². The second-order valence-corrected chi connectivity index (χ2v) is 3.94. The van der Waals surface area contributed by atoms with Gasteiger partial charge in [-0.1, -0.05) is 6.07 Å². The molecule has 0 aliphatic heterocycles. The number of aromatic nitrogens is 1. The highest BCUT2D eigenvalue weighted by molar-refractivity contribution is 5.61. The van der Waals surface area contributed by atoms with E-state index in [1.165, 1.54) is 0 Å². The molecule has 20 heavy (non-hydrogen) atoms. The van der Waals surface area contributed by atoms with Crippen molar-refractivity contribution in [2.24, 2.45) is 0 Å². The summed E-state index contributed by atoms with van der Waals surface area (Å²) in [6.07, 6.45) is 0. The maximum Gasteiger partial charge on any atom is 0.163 e. The fourth-order valence-corrected chi connectivity index (χ4v) is 1.74. The van der Waals surface area contributed by atoms with Crippen molar-refractivity contribution in [3.05, 3.63) is 42.1 Å². The van der Waals surface area contributed by atoms with Crippen molar-refractivity contribution >= 4 is 11.5 Å². The van der Waals surface area contributed by atoms with Gasteiger partial charge in [-0.25, -0.2) is 4.98 Å². The van der Waals surface area contributed by atoms with Gasteiger partial charge in [0.2, 0.25) is 0 Å². The van der Waals surface area contributed by atoms with Gasteiger partial charge in [0.15, 0.2) is 11.5 Å². The highest BCUT2D eigenvalue weighted by Crippen LogP contribution is 2.31. The molecule has 2 rings (SSSR count). The Morgan fingerprint density at radius 2 is 2.10 bits per heavy atom. The van der Waals surface area contributed by atoms with Gasteiger partial charge >= 0.3 is 0 Å². The van der Waals surface area contributed by atoms with Gasteiger partial charge in [-0.05, 0) is 31.2 Å². The van der Waals surface area contributed by atoms with Crippen molar-refractivity contribution in [1.29, 1.82) is 5.26 Å². The molecule has 0 atom stereocenters. The van der Waals surface area contributed by atoms with Crippen molar-refractivity contribution in [3.63, 3.8) is 0 Å². The van der Waals surface area contributed by atoms with Crippen molar-refractivity contribution in [3.8, 4) is 17.6 Å². The van der Waals surface area contributed by atoms with Crippen LogP contribution < -0.4 is 14.8 Å². The van der Waals surface area contributed by atoms with Crippen LogP contribution in [-0.4, -0.2) is 18.7 Å². The molecule has 0 amide bonds. The summed E-state index contributed by atoms with van der Waals surface area (Å²) < 4.78 is 10.7. The fourth-order valence-electron chi connectivity index (χ4n) is 1.74. The Kier molecular flexibility index (Phi) is 4.40. The van der Waals surface area contributed by atoms with Crippen LogP contribution in [0.1, 0.15) is 12.6 Å². The lowest BCUT2D eigenvalue weighted by atomic mass is 10.2. The number of hydrogen-bond acceptors (Lipinski definition) is 5. The van der Waals surface area contributed by atoms with Crippen LogP contribution in [0.2, 0.25) is 0 Å². The third-order valence-corrected chi connectivity index (χ3v) is 2.60. The van der Waals surface area contributed by atoms with Crippen LogP contribution in [0.25, 0.3) is 0 Å². The number of anilines is 2. The molecule has 0 radical (unpaired) electrons. The number of nitrogens with one attached hydrogen (secondary N) is 1. The number of nitrogens with zero attached hydrogens (tertiary/aromatic N) is 2. The highest BCUT2D eigenvalue weighted by Gasteiger charge is 2.06. The molecule has 5 heteroatoms. The zero-order chi connectivity index (χ0) is 14.4. The lowest BCUT2D eigenvalue weighted by Gasteiger charge is -2.12. The second kappa shape index (κ2) is 6.43. The van der Waals surface area contributed by atoms with Gasteiger partial charge in [-0.3, -0.25) is 0 Å². The van der Waals surface area contributed by atoms with E-state index in [9.17, 15) is 0 Å². The number of hydrogen-bond donors (Lipinski definition) is 1. The Morgan fingerprint density at radius 1 is 1.25 bits per heavy atom. The molecule has 1 aromatic carbocycles. The molecular formula is C15H15N3O2. The zero-order valence-electron chi connectivity index (χ0n) is 11.4. The molecule has 1 aromatic heterocycles. The normalized spacial score (nSPS) is 9.65. The van der Waals surface area contributed by atoms with Crippen molar-refractivity contribution in [1.82, 2.24) is 4.98 Å². The van der Waals surface area contributed by atoms with E-state index < -0.39 is 0 Å². The summed E-state index contributed by atoms with van der Waals surface area (Å²) in [6.45, 7) is 2.47. The Balaban J connectivity index is 2.24. The monoisotopic (exact) mass is 269 g/mol. The van der Waals surface area contributed by atoms with Gasteiger partial charge in [-0.15, -0.1) is 0 Å². The second-order valence-electron chi connectivity index (χ2n) is 3.94. The first-order valence-corrected chi connectivity index (χ1v) is 6.22. The van der Waals surface area contributed by atoms with Gasteiger partial charge in [0.1, 0.15) is 17.6 Å². The smallest absolute Gasteiger partial charge is 0.163 e. The molecule has 5 nitrogen and oxygen atoms in total. The third kappa shape index (κ3) is 3.18. The first kappa shape index (κ1) is 13.7. The third-order valence-electron chi connectivity index (χ3n) is 2.60. The lowest BCUT2D eigenvalue weighted by Crippen LogP contribution is -1.98. The first-order valence-electron chi connectivity index (χ1n) is 6.22. The van der Waals surface area contributed by atoms with Crippen LogP contribution in [-0.2, 0) is 0 Å². The number of pyridine rings is 1. The molecule has 1 heterocycles. The number of benzene rings is 1. The van der Waals surface area contributed by atoms with Crippen molar-refractivity contribution in [2.45, 2.75) is 6.92 Å². The fraction of sp³-hybridized carbons (Fsp3) is 0.200. The van der Waals surface area contributed by atoms with Crippen molar-refractivity contribution in [2.75, 3.05) is 19.0 Å². The molecule has 0 unspecified atom stereocenters. The summed E-state index contributed by atoms with van der Waals surface area (Å²) in [6, 6.07) is 12.8. The number of ether oxygens (including phenoxy) is 2. The topological polar surface area (TPSA) is 67.2 Å². The maximum absolute atomic E-state index is 8.83. The van der Waals surface area contributed by atoms with Gasteiger partial charge in [0.25, 0.3) is 0 Å². The van der Waals surface area contributed by atoms with Crippen LogP contribution in [0, 0.1) is 11.3 Å². The van der Waals surface area contributed by atoms with E-state index in [1.807, 2.05) is 31.2 Å². The van der Waals surface area contributed by atoms with Crippen LogP contribution in [0.5, 0.6) is 11.5 Å². The summed E-state index contributed by atoms with van der Waals surface area (Å²) >= 11 is 0. The van der Waals surface area contributed by atoms with Gasteiger partial charge in [0, 0.05) is 11.8 Å². The van der Waals surface area contributed by atoms with Gasteiger partial charge in [0.05, 0.1) is 13.7 Å². The number of nitriles is 1. The van der Waals surface area contributed by atoms with Crippen molar-refractivity contribution < 1.29 is 9.47 Å². The van der Waals surface area contributed by atoms with Gasteiger partial charge < -0.3 is 14.8 Å². The molecule has 0 bridgehead atoms. The molecule has 0 fully saturated rings. The summed E-state index contributed by atoms with van der Waals surface area (Å²) in [5.41, 5.74) is 1.19. The van der Waals surface area contributed by atoms with E-state index >= 15 is 0 Å². The summed E-state index contributed by atoms with van der Waals surface area (Å²) in [5.74, 6) is 1.95. The minimum atomic E-state index is 0.369. The summed E-state index contributed by atoms with van der Waals surface area (Å²) in [5, 5.41) is 12.0. The standard InChI is InChI=1S/C15H15N3O2/c1-3-20-14-9-11(7-8-13(14)19-2)17-15-6-4-5-12(10-16)18-15/h4-9H,3H2,1-2H3,(H,17,18). The maximum atomic E-state index is 8.83. The number of methoxy groups -OCH3 is 1. The molecule has 0 spiro atoms. The molecule has 0 saturated heterocycles. The SMILES string of the molecule is CCOc1cc(Nc2cccc(C#N)n2)ccc1OC. The Labute approximate surface area is 117 Å². The first-order chi connectivity index (χ1) is 9.76. The van der Waals surface area contributed by atoms with E-state index in [4.69, 9.17) is 14.7 Å². The minimum absolute atomic E-state index is 0.369. The predicted molar refractivity (Wildman–Crippen MR) is 76.4 cm³/mol. The predicted octanol–water partition coefficient (Wildman–Crippen LogP) is 3.10. The van der Waals surface area contributed by atoms with E-state index in [-0.39, 0.29) is 0 Å².